The van der Waals surface area contributed by atoms with Gasteiger partial charge in [-0.05, 0) is 71.3 Å². The minimum atomic E-state index is 0.558. The van der Waals surface area contributed by atoms with E-state index in [-0.39, 0.29) is 0 Å². The second kappa shape index (κ2) is 6.85. The van der Waals surface area contributed by atoms with E-state index in [1.807, 2.05) is 12.1 Å². The summed E-state index contributed by atoms with van der Waals surface area (Å²) in [6, 6.07) is 17.4. The van der Waals surface area contributed by atoms with Gasteiger partial charge in [-0.1, -0.05) is 41.9 Å². The second-order valence-electron chi connectivity index (χ2n) is 5.73. The zero-order valence-electron chi connectivity index (χ0n) is 11.9. The smallest absolute Gasteiger partial charge is 0.0487 e. The third-order valence-corrected chi connectivity index (χ3v) is 5.18. The minimum absolute atomic E-state index is 0.558. The van der Waals surface area contributed by atoms with Crippen molar-refractivity contribution in [3.63, 3.8) is 0 Å². The van der Waals surface area contributed by atoms with Crippen LogP contribution in [0.15, 0.2) is 53.0 Å². The van der Waals surface area contributed by atoms with Crippen LogP contribution in [0.1, 0.15) is 37.2 Å². The molecule has 1 saturated carbocycles. The highest BCUT2D eigenvalue weighted by molar-refractivity contribution is 9.10. The van der Waals surface area contributed by atoms with E-state index in [0.29, 0.717) is 6.04 Å². The van der Waals surface area contributed by atoms with Crippen molar-refractivity contribution < 1.29 is 0 Å². The lowest BCUT2D eigenvalue weighted by molar-refractivity contribution is 0.412. The van der Waals surface area contributed by atoms with Gasteiger partial charge in [0.15, 0.2) is 0 Å². The molecule has 3 rings (SSSR count). The number of hydrogen-bond donors (Lipinski definition) is 1. The molecule has 3 heteroatoms. The average molecular weight is 365 g/mol. The fourth-order valence-corrected chi connectivity index (χ4v) is 3.92. The van der Waals surface area contributed by atoms with Crippen LogP contribution in [0.25, 0.3) is 0 Å². The third kappa shape index (κ3) is 3.81. The molecule has 0 spiro atoms. The highest BCUT2D eigenvalue weighted by atomic mass is 79.9. The summed E-state index contributed by atoms with van der Waals surface area (Å²) in [6.07, 6.45) is 4.95. The Morgan fingerprint density at radius 2 is 1.67 bits per heavy atom. The first-order valence-electron chi connectivity index (χ1n) is 7.49. The van der Waals surface area contributed by atoms with E-state index < -0.39 is 0 Å². The molecule has 2 aromatic rings. The van der Waals surface area contributed by atoms with Crippen molar-refractivity contribution >= 4 is 33.2 Å². The molecule has 110 valence electrons. The Balaban J connectivity index is 1.59. The molecule has 1 N–H and O–H groups in total. The zero-order chi connectivity index (χ0) is 14.7. The Kier molecular flexibility index (Phi) is 4.87. The Bertz CT molecular complexity index is 591. The van der Waals surface area contributed by atoms with E-state index in [2.05, 4.69) is 57.6 Å². The molecule has 0 atom stereocenters. The molecular formula is C18H19BrClN. The standard InChI is InChI=1S/C18H19BrClN/c19-17-12-15(20)8-11-18(17)21-16-9-6-14(7-10-16)13-4-2-1-3-5-13/h1-5,8,11-12,14,16,21H,6-7,9-10H2. The third-order valence-electron chi connectivity index (χ3n) is 4.29. The Hall–Kier alpha value is -0.990. The fourth-order valence-electron chi connectivity index (χ4n) is 3.12. The van der Waals surface area contributed by atoms with Gasteiger partial charge in [-0.25, -0.2) is 0 Å². The molecule has 21 heavy (non-hydrogen) atoms. The maximum atomic E-state index is 5.99. The van der Waals surface area contributed by atoms with Crippen molar-refractivity contribution in [2.24, 2.45) is 0 Å². The van der Waals surface area contributed by atoms with Crippen LogP contribution in [0, 0.1) is 0 Å². The normalized spacial score (nSPS) is 22.0. The van der Waals surface area contributed by atoms with Gasteiger partial charge < -0.3 is 5.32 Å². The van der Waals surface area contributed by atoms with Gasteiger partial charge in [0.05, 0.1) is 0 Å². The highest BCUT2D eigenvalue weighted by Crippen LogP contribution is 2.35. The molecule has 1 fully saturated rings. The molecule has 0 aromatic heterocycles. The van der Waals surface area contributed by atoms with Crippen LogP contribution < -0.4 is 5.32 Å². The first-order chi connectivity index (χ1) is 10.2. The molecule has 1 nitrogen and oxygen atoms in total. The summed E-state index contributed by atoms with van der Waals surface area (Å²) < 4.78 is 1.04. The van der Waals surface area contributed by atoms with Crippen molar-refractivity contribution in [1.29, 1.82) is 0 Å². The van der Waals surface area contributed by atoms with Gasteiger partial charge in [-0.2, -0.15) is 0 Å². The lowest BCUT2D eigenvalue weighted by atomic mass is 9.82. The van der Waals surface area contributed by atoms with Gasteiger partial charge in [-0.3, -0.25) is 0 Å². The van der Waals surface area contributed by atoms with Gasteiger partial charge in [0, 0.05) is 21.2 Å². The molecule has 0 heterocycles. The van der Waals surface area contributed by atoms with Gasteiger partial charge >= 0.3 is 0 Å². The first-order valence-corrected chi connectivity index (χ1v) is 8.66. The molecular weight excluding hydrogens is 346 g/mol. The van der Waals surface area contributed by atoms with Crippen LogP contribution in [-0.4, -0.2) is 6.04 Å². The lowest BCUT2D eigenvalue weighted by Gasteiger charge is -2.30. The van der Waals surface area contributed by atoms with Crippen LogP contribution in [-0.2, 0) is 0 Å². The number of halogens is 2. The summed E-state index contributed by atoms with van der Waals surface area (Å²) in [6.45, 7) is 0. The summed E-state index contributed by atoms with van der Waals surface area (Å²) in [4.78, 5) is 0. The number of anilines is 1. The van der Waals surface area contributed by atoms with E-state index in [0.717, 1.165) is 21.1 Å². The summed E-state index contributed by atoms with van der Waals surface area (Å²) in [5, 5.41) is 4.41. The van der Waals surface area contributed by atoms with E-state index in [1.54, 1.807) is 0 Å². The number of rotatable bonds is 3. The SMILES string of the molecule is Clc1ccc(NC2CCC(c3ccccc3)CC2)c(Br)c1. The Morgan fingerprint density at radius 3 is 2.33 bits per heavy atom. The van der Waals surface area contributed by atoms with Crippen LogP contribution >= 0.6 is 27.5 Å². The summed E-state index contributed by atoms with van der Waals surface area (Å²) >= 11 is 9.56. The van der Waals surface area contributed by atoms with Crippen molar-refractivity contribution in [3.05, 3.63) is 63.6 Å². The van der Waals surface area contributed by atoms with Gasteiger partial charge in [0.25, 0.3) is 0 Å². The predicted molar refractivity (Wildman–Crippen MR) is 94.2 cm³/mol. The van der Waals surface area contributed by atoms with Crippen molar-refractivity contribution in [1.82, 2.24) is 0 Å². The summed E-state index contributed by atoms with van der Waals surface area (Å²) in [7, 11) is 0. The monoisotopic (exact) mass is 363 g/mol. The number of benzene rings is 2. The lowest BCUT2D eigenvalue weighted by Crippen LogP contribution is -2.25. The number of nitrogens with one attached hydrogen (secondary N) is 1. The van der Waals surface area contributed by atoms with Crippen molar-refractivity contribution in [2.75, 3.05) is 5.32 Å². The van der Waals surface area contributed by atoms with Crippen molar-refractivity contribution in [2.45, 2.75) is 37.6 Å². The topological polar surface area (TPSA) is 12.0 Å². The maximum Gasteiger partial charge on any atom is 0.0487 e. The van der Waals surface area contributed by atoms with Crippen LogP contribution in [0.5, 0.6) is 0 Å². The van der Waals surface area contributed by atoms with Gasteiger partial charge in [-0.15, -0.1) is 0 Å². The summed E-state index contributed by atoms with van der Waals surface area (Å²) in [5.74, 6) is 0.720. The molecule has 0 saturated heterocycles. The fraction of sp³-hybridized carbons (Fsp3) is 0.333. The Labute approximate surface area is 139 Å². The van der Waals surface area contributed by atoms with Crippen molar-refractivity contribution in [3.8, 4) is 0 Å². The van der Waals surface area contributed by atoms with Crippen LogP contribution in [0.4, 0.5) is 5.69 Å². The highest BCUT2D eigenvalue weighted by Gasteiger charge is 2.22. The van der Waals surface area contributed by atoms with E-state index in [9.17, 15) is 0 Å². The van der Waals surface area contributed by atoms with Gasteiger partial charge in [0.1, 0.15) is 0 Å². The van der Waals surface area contributed by atoms with Crippen LogP contribution in [0.3, 0.4) is 0 Å². The van der Waals surface area contributed by atoms with Gasteiger partial charge in [0.2, 0.25) is 0 Å². The van der Waals surface area contributed by atoms with E-state index in [1.165, 1.54) is 31.2 Å². The van der Waals surface area contributed by atoms with Crippen LogP contribution in [0.2, 0.25) is 5.02 Å². The Morgan fingerprint density at radius 1 is 0.952 bits per heavy atom. The van der Waals surface area contributed by atoms with E-state index in [4.69, 9.17) is 11.6 Å². The zero-order valence-corrected chi connectivity index (χ0v) is 14.2. The minimum Gasteiger partial charge on any atom is -0.381 e. The molecule has 0 amide bonds. The molecule has 1 aliphatic carbocycles. The molecule has 1 aliphatic rings. The second-order valence-corrected chi connectivity index (χ2v) is 7.02. The molecule has 0 aliphatic heterocycles. The first kappa shape index (κ1) is 14.9. The molecule has 0 radical (unpaired) electrons. The number of hydrogen-bond acceptors (Lipinski definition) is 1. The largest absolute Gasteiger partial charge is 0.381 e. The molecule has 2 aromatic carbocycles. The summed E-state index contributed by atoms with van der Waals surface area (Å²) in [5.41, 5.74) is 2.63. The molecule has 0 unspecified atom stereocenters. The quantitative estimate of drug-likeness (QED) is 0.679. The molecule has 0 bridgehead atoms. The van der Waals surface area contributed by atoms with E-state index >= 15 is 0 Å². The predicted octanol–water partition coefficient (Wildman–Crippen LogP) is 6.24. The average Bonchev–Trinajstić information content (AvgIpc) is 2.52. The maximum absolute atomic E-state index is 5.99.